The fourth-order valence-corrected chi connectivity index (χ4v) is 3.56. The minimum atomic E-state index is -1.52. The number of carboxylic acids is 1. The average molecular weight is 368 g/mol. The van der Waals surface area contributed by atoms with Crippen molar-refractivity contribution in [2.45, 2.75) is 37.8 Å². The van der Waals surface area contributed by atoms with E-state index in [1.54, 1.807) is 20.8 Å². The van der Waals surface area contributed by atoms with E-state index in [0.29, 0.717) is 0 Å². The van der Waals surface area contributed by atoms with Gasteiger partial charge in [-0.1, -0.05) is 0 Å². The molecular formula is C13H17KN2O6S. The first-order valence-corrected chi connectivity index (χ1v) is 7.69. The standard InChI is InChI=1S/C13H18N2O6S.K/c1-13(2,3)21-12(20)14-7-9(17)15-8(11(18)19)6(4-16)5-22-10(7)15;/h7,10,16H,4-5H2,1-3H3,(H,14,20)(H,18,19);/q;+1/p-1/t7?,10-;/m0./s1. The van der Waals surface area contributed by atoms with Crippen molar-refractivity contribution in [3.05, 3.63) is 11.3 Å². The summed E-state index contributed by atoms with van der Waals surface area (Å²) in [6.07, 6.45) is -0.738. The van der Waals surface area contributed by atoms with Gasteiger partial charge in [0.05, 0.1) is 18.3 Å². The van der Waals surface area contributed by atoms with Gasteiger partial charge >= 0.3 is 57.5 Å². The molecule has 0 aromatic rings. The Balaban J connectivity index is 0.00000264. The molecule has 2 atom stereocenters. The maximum Gasteiger partial charge on any atom is 1.00 e. The van der Waals surface area contributed by atoms with Crippen LogP contribution < -0.4 is 61.8 Å². The zero-order valence-corrected chi connectivity index (χ0v) is 17.4. The average Bonchev–Trinajstić information content (AvgIpc) is 2.40. The summed E-state index contributed by atoms with van der Waals surface area (Å²) in [4.78, 5) is 36.1. The first-order valence-electron chi connectivity index (χ1n) is 6.64. The van der Waals surface area contributed by atoms with Crippen LogP contribution in [0.1, 0.15) is 20.8 Å². The second kappa shape index (κ2) is 7.85. The molecular weight excluding hydrogens is 351 g/mol. The van der Waals surface area contributed by atoms with Gasteiger partial charge in [-0.15, -0.1) is 11.8 Å². The van der Waals surface area contributed by atoms with Gasteiger partial charge in [-0.3, -0.25) is 9.69 Å². The number of aliphatic carboxylic acids is 1. The Kier molecular flexibility index (Phi) is 7.15. The summed E-state index contributed by atoms with van der Waals surface area (Å²) in [6.45, 7) is 4.63. The van der Waals surface area contributed by atoms with Gasteiger partial charge in [0, 0.05) is 5.75 Å². The van der Waals surface area contributed by atoms with Crippen molar-refractivity contribution >= 4 is 29.7 Å². The quantitative estimate of drug-likeness (QED) is 0.383. The molecule has 8 nitrogen and oxygen atoms in total. The molecule has 2 aliphatic heterocycles. The maximum atomic E-state index is 12.1. The molecule has 1 fully saturated rings. The van der Waals surface area contributed by atoms with E-state index in [1.807, 2.05) is 0 Å². The van der Waals surface area contributed by atoms with Crippen LogP contribution in [-0.2, 0) is 14.3 Å². The molecule has 0 aliphatic carbocycles. The SMILES string of the molecule is CC(C)(C)OC(=O)NC1C(=O)N2C(C(=O)[O-])=C(CO)CS[C@@H]12.[K+]. The van der Waals surface area contributed by atoms with Crippen molar-refractivity contribution in [1.29, 1.82) is 0 Å². The molecule has 122 valence electrons. The molecule has 1 unspecified atom stereocenters. The normalized spacial score (nSPS) is 23.5. The number of hydrogen-bond acceptors (Lipinski definition) is 7. The molecule has 0 aromatic heterocycles. The van der Waals surface area contributed by atoms with Gasteiger partial charge in [0.25, 0.3) is 5.91 Å². The number of alkyl carbamates (subject to hydrolysis) is 1. The number of carboxylic acid groups (broad SMARTS) is 1. The molecule has 0 saturated carbocycles. The minimum Gasteiger partial charge on any atom is -0.543 e. The van der Waals surface area contributed by atoms with Crippen molar-refractivity contribution in [2.24, 2.45) is 0 Å². The summed E-state index contributed by atoms with van der Waals surface area (Å²) >= 11 is 1.26. The van der Waals surface area contributed by atoms with Gasteiger partial charge in [0.15, 0.2) is 0 Å². The van der Waals surface area contributed by atoms with E-state index < -0.39 is 41.6 Å². The molecule has 0 spiro atoms. The molecule has 2 aliphatic rings. The summed E-state index contributed by atoms with van der Waals surface area (Å²) < 4.78 is 5.08. The van der Waals surface area contributed by atoms with Crippen LogP contribution in [0.2, 0.25) is 0 Å². The maximum absolute atomic E-state index is 12.1. The van der Waals surface area contributed by atoms with Crippen LogP contribution in [0.3, 0.4) is 0 Å². The molecule has 10 heteroatoms. The largest absolute Gasteiger partial charge is 1.00 e. The van der Waals surface area contributed by atoms with Crippen LogP contribution in [0.25, 0.3) is 0 Å². The monoisotopic (exact) mass is 368 g/mol. The number of nitrogens with zero attached hydrogens (tertiary/aromatic N) is 1. The van der Waals surface area contributed by atoms with Gasteiger partial charge in [0.2, 0.25) is 0 Å². The zero-order chi connectivity index (χ0) is 16.7. The predicted octanol–water partition coefficient (Wildman–Crippen LogP) is -4.20. The number of aliphatic hydroxyl groups is 1. The van der Waals surface area contributed by atoms with Crippen molar-refractivity contribution in [1.82, 2.24) is 10.2 Å². The summed E-state index contributed by atoms with van der Waals surface area (Å²) in [6, 6.07) is -0.852. The van der Waals surface area contributed by atoms with E-state index in [9.17, 15) is 24.6 Å². The third-order valence-electron chi connectivity index (χ3n) is 3.10. The van der Waals surface area contributed by atoms with E-state index in [1.165, 1.54) is 11.8 Å². The molecule has 0 bridgehead atoms. The molecule has 1 saturated heterocycles. The van der Waals surface area contributed by atoms with Crippen LogP contribution in [0.15, 0.2) is 11.3 Å². The summed E-state index contributed by atoms with van der Waals surface area (Å²) in [5, 5.41) is 22.3. The number of rotatable bonds is 3. The minimum absolute atomic E-state index is 0. The Morgan fingerprint density at radius 1 is 1.48 bits per heavy atom. The number of nitrogens with one attached hydrogen (secondary N) is 1. The van der Waals surface area contributed by atoms with Gasteiger partial charge in [-0.25, -0.2) is 4.79 Å². The van der Waals surface area contributed by atoms with Crippen LogP contribution in [0.4, 0.5) is 4.79 Å². The first-order chi connectivity index (χ1) is 10.2. The van der Waals surface area contributed by atoms with E-state index in [4.69, 9.17) is 4.74 Å². The summed E-state index contributed by atoms with van der Waals surface area (Å²) in [7, 11) is 0. The third kappa shape index (κ3) is 4.50. The molecule has 2 amide bonds. The van der Waals surface area contributed by atoms with Crippen LogP contribution >= 0.6 is 11.8 Å². The Morgan fingerprint density at radius 3 is 2.57 bits per heavy atom. The smallest absolute Gasteiger partial charge is 0.543 e. The van der Waals surface area contributed by atoms with Crippen molar-refractivity contribution < 1.29 is 80.7 Å². The van der Waals surface area contributed by atoms with Crippen molar-refractivity contribution in [3.8, 4) is 0 Å². The fourth-order valence-electron chi connectivity index (χ4n) is 2.23. The predicted molar refractivity (Wildman–Crippen MR) is 75.4 cm³/mol. The van der Waals surface area contributed by atoms with Crippen LogP contribution in [0.5, 0.6) is 0 Å². The molecule has 2 N–H and O–H groups in total. The zero-order valence-electron chi connectivity index (χ0n) is 13.4. The molecule has 0 radical (unpaired) electrons. The second-order valence-electron chi connectivity index (χ2n) is 5.93. The van der Waals surface area contributed by atoms with E-state index in [-0.39, 0.29) is 68.4 Å². The number of carbonyl (C=O) groups is 3. The van der Waals surface area contributed by atoms with Crippen LogP contribution in [-0.4, -0.2) is 57.4 Å². The van der Waals surface area contributed by atoms with E-state index in [0.717, 1.165) is 4.90 Å². The van der Waals surface area contributed by atoms with Crippen molar-refractivity contribution in [3.63, 3.8) is 0 Å². The number of ether oxygens (including phenoxy) is 1. The van der Waals surface area contributed by atoms with E-state index >= 15 is 0 Å². The Morgan fingerprint density at radius 2 is 2.09 bits per heavy atom. The first kappa shape index (κ1) is 20.9. The molecule has 2 rings (SSSR count). The van der Waals surface area contributed by atoms with Gasteiger partial charge in [0.1, 0.15) is 17.0 Å². The molecule has 23 heavy (non-hydrogen) atoms. The number of fused-ring (bicyclic) bond motifs is 1. The van der Waals surface area contributed by atoms with Crippen LogP contribution in [0, 0.1) is 0 Å². The summed E-state index contributed by atoms with van der Waals surface area (Å²) in [5.74, 6) is -1.83. The molecule has 0 aromatic carbocycles. The Hall–Kier alpha value is -0.104. The Bertz CT molecular complexity index is 559. The number of carbonyl (C=O) groups excluding carboxylic acids is 3. The second-order valence-corrected chi connectivity index (χ2v) is 7.04. The van der Waals surface area contributed by atoms with Crippen molar-refractivity contribution in [2.75, 3.05) is 12.4 Å². The number of hydrogen-bond donors (Lipinski definition) is 2. The summed E-state index contributed by atoms with van der Waals surface area (Å²) in [5.41, 5.74) is -0.778. The number of amides is 2. The fraction of sp³-hybridized carbons (Fsp3) is 0.615. The third-order valence-corrected chi connectivity index (χ3v) is 4.44. The number of β-lactam (4-membered cyclic amide) rings is 1. The van der Waals surface area contributed by atoms with E-state index in [2.05, 4.69) is 5.32 Å². The molecule has 2 heterocycles. The topological polar surface area (TPSA) is 119 Å². The Labute approximate surface area is 180 Å². The van der Waals surface area contributed by atoms with Gasteiger partial charge < -0.3 is 25.1 Å². The van der Waals surface area contributed by atoms with Gasteiger partial charge in [-0.05, 0) is 26.3 Å². The number of aliphatic hydroxyl groups excluding tert-OH is 1. The van der Waals surface area contributed by atoms with Gasteiger partial charge in [-0.2, -0.15) is 0 Å². The number of thioether (sulfide) groups is 1.